The van der Waals surface area contributed by atoms with Crippen LogP contribution in [0.2, 0.25) is 0 Å². The summed E-state index contributed by atoms with van der Waals surface area (Å²) in [5, 5.41) is 13.2. The topological polar surface area (TPSA) is 61.5 Å². The van der Waals surface area contributed by atoms with Gasteiger partial charge >= 0.3 is 0 Å². The Morgan fingerprint density at radius 1 is 1.12 bits per heavy atom. The van der Waals surface area contributed by atoms with Crippen LogP contribution in [0.3, 0.4) is 0 Å². The maximum absolute atomic E-state index is 9.98. The van der Waals surface area contributed by atoms with Gasteiger partial charge < -0.3 is 16.2 Å². The molecule has 136 valence electrons. The van der Waals surface area contributed by atoms with Gasteiger partial charge in [-0.15, -0.1) is 0 Å². The second kappa shape index (κ2) is 9.70. The SMILES string of the molecule is CNc1ccccc1CCC(CO)N(Sc1ccc(N)cc1)C(C)C. The number of hydrogen-bond acceptors (Lipinski definition) is 5. The molecule has 2 rings (SSSR count). The third kappa shape index (κ3) is 5.66. The monoisotopic (exact) mass is 359 g/mol. The Labute approximate surface area is 155 Å². The lowest BCUT2D eigenvalue weighted by atomic mass is 10.0. The molecule has 0 radical (unpaired) electrons. The molecule has 5 heteroatoms. The highest BCUT2D eigenvalue weighted by molar-refractivity contribution is 7.97. The van der Waals surface area contributed by atoms with E-state index in [-0.39, 0.29) is 12.6 Å². The molecule has 4 N–H and O–H groups in total. The van der Waals surface area contributed by atoms with Crippen molar-refractivity contribution in [2.24, 2.45) is 0 Å². The van der Waals surface area contributed by atoms with E-state index in [1.165, 1.54) is 5.56 Å². The highest BCUT2D eigenvalue weighted by atomic mass is 32.2. The molecule has 0 heterocycles. The smallest absolute Gasteiger partial charge is 0.0596 e. The molecule has 1 atom stereocenters. The molecule has 25 heavy (non-hydrogen) atoms. The standard InChI is InChI=1S/C20H29N3OS/c1-15(2)23(25-19-12-9-17(21)10-13-19)18(14-24)11-8-16-6-4-5-7-20(16)22-3/h4-7,9-10,12-13,15,18,22,24H,8,11,14,21H2,1-3H3. The normalized spacial score (nSPS) is 12.6. The number of aryl methyl sites for hydroxylation is 1. The minimum Gasteiger partial charge on any atom is -0.399 e. The number of aliphatic hydroxyl groups is 1. The minimum atomic E-state index is 0.0902. The van der Waals surface area contributed by atoms with E-state index in [1.807, 2.05) is 37.4 Å². The van der Waals surface area contributed by atoms with E-state index in [4.69, 9.17) is 5.73 Å². The molecule has 0 aliphatic rings. The fourth-order valence-electron chi connectivity index (χ4n) is 2.86. The fourth-order valence-corrected chi connectivity index (χ4v) is 3.89. The number of para-hydroxylation sites is 1. The molecular formula is C20H29N3OS. The van der Waals surface area contributed by atoms with Crippen molar-refractivity contribution in [3.63, 3.8) is 0 Å². The molecule has 0 spiro atoms. The number of hydrogen-bond donors (Lipinski definition) is 3. The van der Waals surface area contributed by atoms with Crippen LogP contribution in [0.1, 0.15) is 25.8 Å². The van der Waals surface area contributed by atoms with Gasteiger partial charge in [-0.1, -0.05) is 18.2 Å². The molecule has 0 amide bonds. The molecule has 0 aliphatic heterocycles. The van der Waals surface area contributed by atoms with Gasteiger partial charge in [0.25, 0.3) is 0 Å². The second-order valence-corrected chi connectivity index (χ2v) is 7.47. The largest absolute Gasteiger partial charge is 0.399 e. The summed E-state index contributed by atoms with van der Waals surface area (Å²) in [7, 11) is 1.94. The van der Waals surface area contributed by atoms with Gasteiger partial charge in [0.05, 0.1) is 6.61 Å². The van der Waals surface area contributed by atoms with Gasteiger partial charge in [0.2, 0.25) is 0 Å². The lowest BCUT2D eigenvalue weighted by Crippen LogP contribution is -2.38. The Bertz CT molecular complexity index is 646. The quantitative estimate of drug-likeness (QED) is 0.466. The second-order valence-electron chi connectivity index (χ2n) is 6.40. The summed E-state index contributed by atoms with van der Waals surface area (Å²) < 4.78 is 2.29. The van der Waals surface area contributed by atoms with Crippen molar-refractivity contribution in [1.82, 2.24) is 4.31 Å². The Kier molecular flexibility index (Phi) is 7.62. The molecule has 0 saturated carbocycles. The van der Waals surface area contributed by atoms with Crippen LogP contribution in [0, 0.1) is 0 Å². The zero-order chi connectivity index (χ0) is 18.2. The third-order valence-electron chi connectivity index (χ3n) is 4.20. The van der Waals surface area contributed by atoms with Crippen LogP contribution in [0.4, 0.5) is 11.4 Å². The number of nitrogens with two attached hydrogens (primary N) is 1. The lowest BCUT2D eigenvalue weighted by molar-refractivity contribution is 0.170. The lowest BCUT2D eigenvalue weighted by Gasteiger charge is -2.33. The van der Waals surface area contributed by atoms with Crippen LogP contribution in [-0.4, -0.2) is 35.1 Å². The predicted molar refractivity (Wildman–Crippen MR) is 109 cm³/mol. The zero-order valence-electron chi connectivity index (χ0n) is 15.3. The van der Waals surface area contributed by atoms with Crippen molar-refractivity contribution in [1.29, 1.82) is 0 Å². The van der Waals surface area contributed by atoms with Crippen molar-refractivity contribution >= 4 is 23.3 Å². The molecule has 0 aromatic heterocycles. The van der Waals surface area contributed by atoms with Gasteiger partial charge in [0, 0.05) is 35.4 Å². The molecule has 2 aromatic carbocycles. The molecule has 0 bridgehead atoms. The number of anilines is 2. The summed E-state index contributed by atoms with van der Waals surface area (Å²) in [5.74, 6) is 0. The first-order valence-electron chi connectivity index (χ1n) is 8.73. The van der Waals surface area contributed by atoms with Crippen molar-refractivity contribution < 1.29 is 5.11 Å². The summed E-state index contributed by atoms with van der Waals surface area (Å²) in [6.07, 6.45) is 1.82. The molecule has 1 unspecified atom stereocenters. The summed E-state index contributed by atoms with van der Waals surface area (Å²) >= 11 is 1.69. The summed E-state index contributed by atoms with van der Waals surface area (Å²) in [5.41, 5.74) is 8.98. The first-order chi connectivity index (χ1) is 12.0. The van der Waals surface area contributed by atoms with E-state index < -0.39 is 0 Å². The van der Waals surface area contributed by atoms with Gasteiger partial charge in [0.1, 0.15) is 0 Å². The average Bonchev–Trinajstić information content (AvgIpc) is 2.62. The molecule has 0 fully saturated rings. The Hall–Kier alpha value is -1.69. The average molecular weight is 360 g/mol. The van der Waals surface area contributed by atoms with Crippen LogP contribution < -0.4 is 11.1 Å². The van der Waals surface area contributed by atoms with Gasteiger partial charge in [-0.2, -0.15) is 0 Å². The molecule has 0 saturated heterocycles. The van der Waals surface area contributed by atoms with Crippen molar-refractivity contribution in [2.75, 3.05) is 24.7 Å². The van der Waals surface area contributed by atoms with Gasteiger partial charge in [-0.05, 0) is 74.5 Å². The van der Waals surface area contributed by atoms with Gasteiger partial charge in [0.15, 0.2) is 0 Å². The summed E-state index contributed by atoms with van der Waals surface area (Å²) in [4.78, 5) is 1.14. The number of rotatable bonds is 9. The molecule has 2 aromatic rings. The van der Waals surface area contributed by atoms with Crippen molar-refractivity contribution in [2.45, 2.75) is 43.7 Å². The van der Waals surface area contributed by atoms with Crippen molar-refractivity contribution in [3.8, 4) is 0 Å². The zero-order valence-corrected chi connectivity index (χ0v) is 16.1. The number of nitrogen functional groups attached to an aromatic ring is 1. The van der Waals surface area contributed by atoms with E-state index >= 15 is 0 Å². The minimum absolute atomic E-state index is 0.0902. The highest BCUT2D eigenvalue weighted by Crippen LogP contribution is 2.30. The molecule has 0 aliphatic carbocycles. The van der Waals surface area contributed by atoms with E-state index in [0.717, 1.165) is 29.1 Å². The molecular weight excluding hydrogens is 330 g/mol. The van der Waals surface area contributed by atoms with Crippen LogP contribution in [0.5, 0.6) is 0 Å². The number of aliphatic hydroxyl groups excluding tert-OH is 1. The van der Waals surface area contributed by atoms with Gasteiger partial charge in [-0.3, -0.25) is 0 Å². The van der Waals surface area contributed by atoms with E-state index in [9.17, 15) is 5.11 Å². The predicted octanol–water partition coefficient (Wildman–Crippen LogP) is 4.02. The maximum atomic E-state index is 9.98. The van der Waals surface area contributed by atoms with Crippen LogP contribution in [0.15, 0.2) is 53.4 Å². The molecule has 4 nitrogen and oxygen atoms in total. The maximum Gasteiger partial charge on any atom is 0.0596 e. The van der Waals surface area contributed by atoms with Crippen LogP contribution in [-0.2, 0) is 6.42 Å². The number of nitrogens with zero attached hydrogens (tertiary/aromatic N) is 1. The number of benzene rings is 2. The summed E-state index contributed by atoms with van der Waals surface area (Å²) in [6.45, 7) is 4.46. The van der Waals surface area contributed by atoms with E-state index in [2.05, 4.69) is 41.7 Å². The van der Waals surface area contributed by atoms with Crippen LogP contribution in [0.25, 0.3) is 0 Å². The summed E-state index contributed by atoms with van der Waals surface area (Å²) in [6, 6.07) is 16.6. The van der Waals surface area contributed by atoms with Gasteiger partial charge in [-0.25, -0.2) is 4.31 Å². The Morgan fingerprint density at radius 2 is 1.80 bits per heavy atom. The first-order valence-corrected chi connectivity index (χ1v) is 9.50. The van der Waals surface area contributed by atoms with Crippen LogP contribution >= 0.6 is 11.9 Å². The fraction of sp³-hybridized carbons (Fsp3) is 0.400. The Morgan fingerprint density at radius 3 is 2.40 bits per heavy atom. The van der Waals surface area contributed by atoms with Crippen molar-refractivity contribution in [3.05, 3.63) is 54.1 Å². The number of nitrogens with one attached hydrogen (secondary N) is 1. The first kappa shape index (κ1) is 19.6. The highest BCUT2D eigenvalue weighted by Gasteiger charge is 2.22. The Balaban J connectivity index is 2.07. The van der Waals surface area contributed by atoms with E-state index in [0.29, 0.717) is 6.04 Å². The van der Waals surface area contributed by atoms with E-state index in [1.54, 1.807) is 11.9 Å². The third-order valence-corrected chi connectivity index (χ3v) is 5.62.